The van der Waals surface area contributed by atoms with Crippen LogP contribution in [-0.4, -0.2) is 21.2 Å². The highest BCUT2D eigenvalue weighted by atomic mass is 79.9. The van der Waals surface area contributed by atoms with Crippen LogP contribution in [0.1, 0.15) is 24.2 Å². The Morgan fingerprint density at radius 2 is 1.83 bits per heavy atom. The molecule has 4 nitrogen and oxygen atoms in total. The molecule has 0 aliphatic heterocycles. The molecule has 0 aliphatic carbocycles. The zero-order valence-electron chi connectivity index (χ0n) is 13.5. The van der Waals surface area contributed by atoms with Crippen LogP contribution in [0.4, 0.5) is 0 Å². The summed E-state index contributed by atoms with van der Waals surface area (Å²) in [5, 5.41) is 10.4. The first-order valence-corrected chi connectivity index (χ1v) is 8.41. The van der Waals surface area contributed by atoms with Crippen molar-refractivity contribution in [1.29, 1.82) is 0 Å². The minimum Gasteiger partial charge on any atom is -0.478 e. The largest absolute Gasteiger partial charge is 0.478 e. The second-order valence-corrected chi connectivity index (χ2v) is 6.99. The molecule has 0 radical (unpaired) electrons. The molecule has 0 aliphatic rings. The molecular formula is C19H18BrNO3. The molecule has 124 valence electrons. The van der Waals surface area contributed by atoms with Crippen molar-refractivity contribution in [2.45, 2.75) is 26.1 Å². The number of hydrogen-bond donors (Lipinski definition) is 1. The first kappa shape index (κ1) is 16.7. The van der Waals surface area contributed by atoms with Gasteiger partial charge in [-0.25, -0.2) is 0 Å². The lowest BCUT2D eigenvalue weighted by molar-refractivity contribution is 0.0493. The summed E-state index contributed by atoms with van der Waals surface area (Å²) < 4.78 is 8.41. The number of rotatable bonds is 4. The number of hydrogen-bond acceptors (Lipinski definition) is 3. The summed E-state index contributed by atoms with van der Waals surface area (Å²) in [6.07, 6.45) is 1.68. The molecule has 1 heterocycles. The number of para-hydroxylation sites is 1. The maximum absolute atomic E-state index is 13.0. The normalized spacial score (nSPS) is 11.7. The first-order valence-electron chi connectivity index (χ1n) is 7.61. The maximum Gasteiger partial charge on any atom is 0.274 e. The van der Waals surface area contributed by atoms with Crippen molar-refractivity contribution in [3.05, 3.63) is 64.8 Å². The summed E-state index contributed by atoms with van der Waals surface area (Å²) in [6, 6.07) is 14.9. The molecule has 0 fully saturated rings. The molecule has 2 aromatic carbocycles. The number of halogens is 1. The third-order valence-electron chi connectivity index (χ3n) is 3.89. The van der Waals surface area contributed by atoms with Gasteiger partial charge < -0.3 is 9.84 Å². The van der Waals surface area contributed by atoms with Gasteiger partial charge >= 0.3 is 0 Å². The van der Waals surface area contributed by atoms with Crippen molar-refractivity contribution in [3.8, 4) is 5.75 Å². The average molecular weight is 388 g/mol. The third kappa shape index (κ3) is 3.09. The van der Waals surface area contributed by atoms with Crippen LogP contribution in [-0.2, 0) is 6.61 Å². The number of carbonyl (C=O) groups is 1. The molecule has 0 saturated carbocycles. The average Bonchev–Trinajstić information content (AvgIpc) is 2.95. The van der Waals surface area contributed by atoms with E-state index in [4.69, 9.17) is 4.74 Å². The van der Waals surface area contributed by atoms with Crippen molar-refractivity contribution < 1.29 is 14.6 Å². The lowest BCUT2D eigenvalue weighted by atomic mass is 10.1. The first-order chi connectivity index (χ1) is 11.4. The number of nitrogens with zero attached hydrogens (tertiary/aromatic N) is 1. The molecule has 0 unspecified atom stereocenters. The number of aliphatic hydroxyl groups is 1. The van der Waals surface area contributed by atoms with Crippen LogP contribution in [0, 0.1) is 0 Å². The van der Waals surface area contributed by atoms with E-state index in [1.165, 1.54) is 0 Å². The topological polar surface area (TPSA) is 51.5 Å². The van der Waals surface area contributed by atoms with Crippen molar-refractivity contribution in [1.82, 2.24) is 4.57 Å². The highest BCUT2D eigenvalue weighted by Gasteiger charge is 2.32. The van der Waals surface area contributed by atoms with E-state index in [0.29, 0.717) is 5.75 Å². The van der Waals surface area contributed by atoms with Crippen molar-refractivity contribution in [3.63, 3.8) is 0 Å². The molecule has 0 saturated heterocycles. The second-order valence-electron chi connectivity index (χ2n) is 6.07. The monoisotopic (exact) mass is 387 g/mol. The van der Waals surface area contributed by atoms with Crippen LogP contribution >= 0.6 is 15.9 Å². The second kappa shape index (κ2) is 6.42. The predicted molar refractivity (Wildman–Crippen MR) is 97.3 cm³/mol. The van der Waals surface area contributed by atoms with Gasteiger partial charge in [-0.2, -0.15) is 0 Å². The van der Waals surface area contributed by atoms with E-state index < -0.39 is 5.60 Å². The number of benzene rings is 2. The molecule has 24 heavy (non-hydrogen) atoms. The van der Waals surface area contributed by atoms with E-state index in [1.54, 1.807) is 24.6 Å². The van der Waals surface area contributed by atoms with Gasteiger partial charge in [0.05, 0.1) is 12.1 Å². The fourth-order valence-electron chi connectivity index (χ4n) is 2.68. The van der Waals surface area contributed by atoms with E-state index in [9.17, 15) is 9.90 Å². The van der Waals surface area contributed by atoms with Crippen LogP contribution < -0.4 is 4.74 Å². The lowest BCUT2D eigenvalue weighted by Crippen LogP contribution is -2.41. The van der Waals surface area contributed by atoms with Crippen molar-refractivity contribution in [2.75, 3.05) is 0 Å². The molecule has 5 heteroatoms. The summed E-state index contributed by atoms with van der Waals surface area (Å²) in [5.41, 5.74) is 0.430. The standard InChI is InChI=1S/C19H18BrNO3/c1-19(2,24-15-9-7-14(20)8-10-15)18(23)21-11-13(12-22)16-5-3-4-6-17(16)21/h3-11,22H,12H2,1-2H3. The highest BCUT2D eigenvalue weighted by molar-refractivity contribution is 9.10. The fraction of sp³-hybridized carbons (Fsp3) is 0.211. The number of aliphatic hydroxyl groups excluding tert-OH is 1. The summed E-state index contributed by atoms with van der Waals surface area (Å²) in [5.74, 6) is 0.428. The van der Waals surface area contributed by atoms with Gasteiger partial charge in [-0.1, -0.05) is 34.1 Å². The van der Waals surface area contributed by atoms with E-state index in [0.717, 1.165) is 20.9 Å². The third-order valence-corrected chi connectivity index (χ3v) is 4.41. The minimum atomic E-state index is -1.05. The quantitative estimate of drug-likeness (QED) is 0.721. The Kier molecular flexibility index (Phi) is 4.47. The number of aromatic nitrogens is 1. The van der Waals surface area contributed by atoms with Crippen LogP contribution in [0.2, 0.25) is 0 Å². The van der Waals surface area contributed by atoms with Crippen molar-refractivity contribution in [2.24, 2.45) is 0 Å². The molecule has 3 rings (SSSR count). The Morgan fingerprint density at radius 3 is 2.50 bits per heavy atom. The predicted octanol–water partition coefficient (Wildman–Crippen LogP) is 4.39. The SMILES string of the molecule is CC(C)(Oc1ccc(Br)cc1)C(=O)n1cc(CO)c2ccccc21. The number of fused-ring (bicyclic) bond motifs is 1. The highest BCUT2D eigenvalue weighted by Crippen LogP contribution is 2.26. The number of ether oxygens (including phenoxy) is 1. The molecule has 0 atom stereocenters. The Hall–Kier alpha value is -2.11. The van der Waals surface area contributed by atoms with E-state index >= 15 is 0 Å². The summed E-state index contributed by atoms with van der Waals surface area (Å²) in [7, 11) is 0. The number of carbonyl (C=O) groups excluding carboxylic acids is 1. The maximum atomic E-state index is 13.0. The van der Waals surface area contributed by atoms with Crippen LogP contribution in [0.25, 0.3) is 10.9 Å². The Bertz CT molecular complexity index is 881. The molecule has 0 spiro atoms. The fourth-order valence-corrected chi connectivity index (χ4v) is 2.94. The van der Waals surface area contributed by atoms with Gasteiger partial charge in [0.2, 0.25) is 0 Å². The zero-order valence-corrected chi connectivity index (χ0v) is 15.1. The summed E-state index contributed by atoms with van der Waals surface area (Å²) in [6.45, 7) is 3.37. The van der Waals surface area contributed by atoms with Gasteiger partial charge in [0, 0.05) is 21.6 Å². The van der Waals surface area contributed by atoms with Crippen LogP contribution in [0.5, 0.6) is 5.75 Å². The molecule has 1 aromatic heterocycles. The molecule has 3 aromatic rings. The van der Waals surface area contributed by atoms with E-state index in [1.807, 2.05) is 48.5 Å². The van der Waals surface area contributed by atoms with Gasteiger partial charge in [-0.15, -0.1) is 0 Å². The minimum absolute atomic E-state index is 0.116. The van der Waals surface area contributed by atoms with Crippen molar-refractivity contribution >= 4 is 32.7 Å². The molecule has 1 N–H and O–H groups in total. The van der Waals surface area contributed by atoms with Crippen LogP contribution in [0.3, 0.4) is 0 Å². The molecule has 0 bridgehead atoms. The molecule has 0 amide bonds. The van der Waals surface area contributed by atoms with E-state index in [2.05, 4.69) is 15.9 Å². The van der Waals surface area contributed by atoms with Gasteiger partial charge in [0.25, 0.3) is 5.91 Å². The van der Waals surface area contributed by atoms with Gasteiger partial charge in [0.15, 0.2) is 5.60 Å². The zero-order chi connectivity index (χ0) is 17.3. The smallest absolute Gasteiger partial charge is 0.274 e. The Balaban J connectivity index is 1.97. The van der Waals surface area contributed by atoms with Crippen LogP contribution in [0.15, 0.2) is 59.2 Å². The Labute approximate surface area is 148 Å². The Morgan fingerprint density at radius 1 is 1.17 bits per heavy atom. The summed E-state index contributed by atoms with van der Waals surface area (Å²) >= 11 is 3.38. The molecular weight excluding hydrogens is 370 g/mol. The summed E-state index contributed by atoms with van der Waals surface area (Å²) in [4.78, 5) is 13.0. The van der Waals surface area contributed by atoms with E-state index in [-0.39, 0.29) is 12.5 Å². The van der Waals surface area contributed by atoms with Gasteiger partial charge in [0.1, 0.15) is 5.75 Å². The van der Waals surface area contributed by atoms with Gasteiger partial charge in [-0.05, 0) is 44.2 Å². The van der Waals surface area contributed by atoms with Gasteiger partial charge in [-0.3, -0.25) is 9.36 Å². The lowest BCUT2D eigenvalue weighted by Gasteiger charge is -2.25.